The number of nitrogens with zero attached hydrogens (tertiary/aromatic N) is 3. The Morgan fingerprint density at radius 1 is 1.25 bits per heavy atom. The van der Waals surface area contributed by atoms with Crippen molar-refractivity contribution >= 4 is 33.2 Å². The summed E-state index contributed by atoms with van der Waals surface area (Å²) in [5, 5.41) is 3.55. The Balaban J connectivity index is 2.12. The Kier molecular flexibility index (Phi) is 5.75. The Bertz CT molecular complexity index is 551. The van der Waals surface area contributed by atoms with E-state index < -0.39 is 0 Å². The Hall–Kier alpha value is -0.710. The fourth-order valence-electron chi connectivity index (χ4n) is 2.35. The molecule has 0 aliphatic heterocycles. The van der Waals surface area contributed by atoms with Crippen LogP contribution in [0.2, 0.25) is 5.15 Å². The van der Waals surface area contributed by atoms with Gasteiger partial charge in [-0.25, -0.2) is 9.97 Å². The molecule has 0 N–H and O–H groups in total. The van der Waals surface area contributed by atoms with Crippen molar-refractivity contribution in [3.63, 3.8) is 0 Å². The third-order valence-electron chi connectivity index (χ3n) is 3.81. The van der Waals surface area contributed by atoms with E-state index in [-0.39, 0.29) is 0 Å². The van der Waals surface area contributed by atoms with E-state index in [1.807, 2.05) is 11.4 Å². The maximum atomic E-state index is 6.23. The van der Waals surface area contributed by atoms with E-state index in [1.165, 1.54) is 12.8 Å². The maximum Gasteiger partial charge on any atom is 0.145 e. The molecule has 0 fully saturated rings. The summed E-state index contributed by atoms with van der Waals surface area (Å²) in [5.41, 5.74) is 0. The number of fused-ring (bicyclic) bond motifs is 1. The highest BCUT2D eigenvalue weighted by Crippen LogP contribution is 2.25. The van der Waals surface area contributed by atoms with E-state index in [0.29, 0.717) is 5.15 Å². The van der Waals surface area contributed by atoms with Crippen LogP contribution in [0.5, 0.6) is 0 Å². The van der Waals surface area contributed by atoms with Crippen LogP contribution in [0.4, 0.5) is 0 Å². The van der Waals surface area contributed by atoms with Crippen LogP contribution in [0, 0.1) is 5.92 Å². The van der Waals surface area contributed by atoms with Gasteiger partial charge in [0.25, 0.3) is 0 Å². The molecule has 0 amide bonds. The smallest absolute Gasteiger partial charge is 0.145 e. The summed E-state index contributed by atoms with van der Waals surface area (Å²) in [4.78, 5) is 12.5. The van der Waals surface area contributed by atoms with Crippen LogP contribution in [0.3, 0.4) is 0 Å². The van der Waals surface area contributed by atoms with Gasteiger partial charge in [-0.1, -0.05) is 45.2 Å². The lowest BCUT2D eigenvalue weighted by atomic mass is 10.0. The summed E-state index contributed by atoms with van der Waals surface area (Å²) in [5.74, 6) is 1.58. The van der Waals surface area contributed by atoms with Crippen LogP contribution in [0.15, 0.2) is 11.4 Å². The molecule has 0 aliphatic rings. The zero-order valence-corrected chi connectivity index (χ0v) is 14.0. The van der Waals surface area contributed by atoms with Crippen molar-refractivity contribution in [2.75, 3.05) is 13.1 Å². The van der Waals surface area contributed by atoms with Crippen molar-refractivity contribution in [2.24, 2.45) is 5.92 Å². The number of hydrogen-bond donors (Lipinski definition) is 0. The molecule has 0 radical (unpaired) electrons. The summed E-state index contributed by atoms with van der Waals surface area (Å²) in [6, 6.07) is 1.98. The molecule has 0 saturated carbocycles. The van der Waals surface area contributed by atoms with E-state index in [4.69, 9.17) is 11.6 Å². The summed E-state index contributed by atoms with van der Waals surface area (Å²) in [6.07, 6.45) is 2.44. The van der Waals surface area contributed by atoms with Gasteiger partial charge in [-0.3, -0.25) is 4.90 Å². The quantitative estimate of drug-likeness (QED) is 0.700. The van der Waals surface area contributed by atoms with E-state index in [0.717, 1.165) is 41.6 Å². The predicted molar refractivity (Wildman–Crippen MR) is 87.4 cm³/mol. The SMILES string of the molecule is CCC(CC)CN(CC)Cc1nc(Cl)c2ccsc2n1. The average Bonchev–Trinajstić information content (AvgIpc) is 2.92. The van der Waals surface area contributed by atoms with E-state index in [1.54, 1.807) is 11.3 Å². The number of thiophene rings is 1. The first-order chi connectivity index (χ1) is 9.67. The van der Waals surface area contributed by atoms with Crippen LogP contribution in [-0.2, 0) is 6.54 Å². The van der Waals surface area contributed by atoms with Gasteiger partial charge < -0.3 is 0 Å². The van der Waals surface area contributed by atoms with Crippen molar-refractivity contribution in [2.45, 2.75) is 40.2 Å². The van der Waals surface area contributed by atoms with Crippen LogP contribution < -0.4 is 0 Å². The molecule has 5 heteroatoms. The average molecular weight is 312 g/mol. The second-order valence-electron chi connectivity index (χ2n) is 5.08. The second kappa shape index (κ2) is 7.34. The standard InChI is InChI=1S/C15H22ClN3S/c1-4-11(5-2)9-19(6-3)10-13-17-14(16)12-7-8-20-15(12)18-13/h7-8,11H,4-6,9-10H2,1-3H3. The molecule has 0 bridgehead atoms. The van der Waals surface area contributed by atoms with Gasteiger partial charge in [-0.2, -0.15) is 0 Å². The molecule has 0 atom stereocenters. The van der Waals surface area contributed by atoms with Crippen LogP contribution in [0.1, 0.15) is 39.4 Å². The number of hydrogen-bond acceptors (Lipinski definition) is 4. The first-order valence-electron chi connectivity index (χ1n) is 7.29. The zero-order chi connectivity index (χ0) is 14.5. The molecule has 0 spiro atoms. The lowest BCUT2D eigenvalue weighted by Crippen LogP contribution is -2.29. The molecule has 0 saturated heterocycles. The fourth-order valence-corrected chi connectivity index (χ4v) is 3.44. The molecule has 2 heterocycles. The third-order valence-corrected chi connectivity index (χ3v) is 4.90. The molecule has 3 nitrogen and oxygen atoms in total. The highest BCUT2D eigenvalue weighted by atomic mass is 35.5. The summed E-state index contributed by atoms with van der Waals surface area (Å²) >= 11 is 7.85. The summed E-state index contributed by atoms with van der Waals surface area (Å²) in [6.45, 7) is 9.60. The predicted octanol–water partition coefficient (Wildman–Crippen LogP) is 4.60. The summed E-state index contributed by atoms with van der Waals surface area (Å²) < 4.78 is 0. The van der Waals surface area contributed by atoms with Crippen molar-refractivity contribution in [3.05, 3.63) is 22.4 Å². The van der Waals surface area contributed by atoms with Gasteiger partial charge in [-0.15, -0.1) is 11.3 Å². The van der Waals surface area contributed by atoms with Crippen molar-refractivity contribution in [1.29, 1.82) is 0 Å². The lowest BCUT2D eigenvalue weighted by molar-refractivity contribution is 0.221. The lowest BCUT2D eigenvalue weighted by Gasteiger charge is -2.24. The van der Waals surface area contributed by atoms with Gasteiger partial charge in [-0.05, 0) is 23.9 Å². The zero-order valence-electron chi connectivity index (χ0n) is 12.4. The molecule has 2 aromatic heterocycles. The number of halogens is 1. The van der Waals surface area contributed by atoms with Crippen molar-refractivity contribution in [1.82, 2.24) is 14.9 Å². The molecule has 2 rings (SSSR count). The molecular formula is C15H22ClN3S. The minimum absolute atomic E-state index is 0.574. The largest absolute Gasteiger partial charge is 0.296 e. The molecule has 2 aromatic rings. The topological polar surface area (TPSA) is 29.0 Å². The Morgan fingerprint density at radius 3 is 2.65 bits per heavy atom. The molecule has 0 aliphatic carbocycles. The molecule has 0 unspecified atom stereocenters. The monoisotopic (exact) mass is 311 g/mol. The molecule has 0 aromatic carbocycles. The Morgan fingerprint density at radius 2 is 2.00 bits per heavy atom. The van der Waals surface area contributed by atoms with E-state index in [9.17, 15) is 0 Å². The third kappa shape index (κ3) is 3.68. The highest BCUT2D eigenvalue weighted by Gasteiger charge is 2.13. The maximum absolute atomic E-state index is 6.23. The highest BCUT2D eigenvalue weighted by molar-refractivity contribution is 7.16. The van der Waals surface area contributed by atoms with Gasteiger partial charge in [0.15, 0.2) is 0 Å². The molecular weight excluding hydrogens is 290 g/mol. The normalized spacial score (nSPS) is 11.9. The Labute approximate surface area is 130 Å². The van der Waals surface area contributed by atoms with Gasteiger partial charge in [0, 0.05) is 11.9 Å². The first-order valence-corrected chi connectivity index (χ1v) is 8.55. The van der Waals surface area contributed by atoms with Crippen LogP contribution in [-0.4, -0.2) is 28.0 Å². The van der Waals surface area contributed by atoms with Crippen LogP contribution >= 0.6 is 22.9 Å². The van der Waals surface area contributed by atoms with Gasteiger partial charge in [0.1, 0.15) is 15.8 Å². The number of aromatic nitrogens is 2. The van der Waals surface area contributed by atoms with E-state index >= 15 is 0 Å². The molecule has 110 valence electrons. The van der Waals surface area contributed by atoms with Crippen molar-refractivity contribution in [3.8, 4) is 0 Å². The minimum Gasteiger partial charge on any atom is -0.296 e. The summed E-state index contributed by atoms with van der Waals surface area (Å²) in [7, 11) is 0. The van der Waals surface area contributed by atoms with Crippen LogP contribution in [0.25, 0.3) is 10.2 Å². The van der Waals surface area contributed by atoms with Crippen molar-refractivity contribution < 1.29 is 0 Å². The van der Waals surface area contributed by atoms with Gasteiger partial charge >= 0.3 is 0 Å². The first kappa shape index (κ1) is 15.7. The van der Waals surface area contributed by atoms with Gasteiger partial charge in [0.05, 0.1) is 6.54 Å². The minimum atomic E-state index is 0.574. The fraction of sp³-hybridized carbons (Fsp3) is 0.600. The van der Waals surface area contributed by atoms with Gasteiger partial charge in [0.2, 0.25) is 0 Å². The number of rotatable bonds is 7. The second-order valence-corrected chi connectivity index (χ2v) is 6.33. The van der Waals surface area contributed by atoms with E-state index in [2.05, 4.69) is 35.6 Å². The molecule has 20 heavy (non-hydrogen) atoms.